The van der Waals surface area contributed by atoms with Gasteiger partial charge in [0.2, 0.25) is 15.9 Å². The molecular weight excluding hydrogens is 386 g/mol. The van der Waals surface area contributed by atoms with E-state index in [4.69, 9.17) is 4.52 Å². The van der Waals surface area contributed by atoms with Crippen molar-refractivity contribution in [3.63, 3.8) is 0 Å². The molecule has 0 aliphatic heterocycles. The quantitative estimate of drug-likeness (QED) is 0.800. The van der Waals surface area contributed by atoms with E-state index < -0.39 is 22.0 Å². The maximum absolute atomic E-state index is 12.3. The Hall–Kier alpha value is -1.71. The molecular formula is C14H16BrN3O4S. The number of nitrogens with one attached hydrogen (secondary N) is 2. The van der Waals surface area contributed by atoms with Crippen molar-refractivity contribution in [2.75, 3.05) is 5.32 Å². The van der Waals surface area contributed by atoms with Crippen LogP contribution < -0.4 is 10.0 Å². The van der Waals surface area contributed by atoms with Gasteiger partial charge < -0.3 is 9.84 Å². The standard InChI is InChI=1S/C14H16BrN3O4S/c1-8-13(10(3)22-17-8)23(20,21)18-9(2)14(19)16-12-6-4-11(15)5-7-12/h4-7,9,18H,1-3H3,(H,16,19)/t9-/m0/s1. The molecule has 0 unspecified atom stereocenters. The number of aromatic nitrogens is 1. The average molecular weight is 402 g/mol. The van der Waals surface area contributed by atoms with E-state index in [-0.39, 0.29) is 16.3 Å². The van der Waals surface area contributed by atoms with Gasteiger partial charge in [0.25, 0.3) is 0 Å². The van der Waals surface area contributed by atoms with Crippen LogP contribution in [0.5, 0.6) is 0 Å². The lowest BCUT2D eigenvalue weighted by atomic mass is 10.3. The molecule has 124 valence electrons. The molecule has 1 aromatic carbocycles. The summed E-state index contributed by atoms with van der Waals surface area (Å²) < 4.78 is 32.8. The number of carbonyl (C=O) groups is 1. The average Bonchev–Trinajstić information content (AvgIpc) is 2.80. The number of aryl methyl sites for hydroxylation is 2. The zero-order valence-electron chi connectivity index (χ0n) is 12.8. The maximum atomic E-state index is 12.3. The van der Waals surface area contributed by atoms with E-state index in [2.05, 4.69) is 31.1 Å². The van der Waals surface area contributed by atoms with E-state index in [0.717, 1.165) is 4.47 Å². The van der Waals surface area contributed by atoms with E-state index in [1.807, 2.05) is 0 Å². The highest BCUT2D eigenvalue weighted by Gasteiger charge is 2.28. The Morgan fingerprint density at radius 1 is 1.26 bits per heavy atom. The highest BCUT2D eigenvalue weighted by atomic mass is 79.9. The molecule has 2 rings (SSSR count). The summed E-state index contributed by atoms with van der Waals surface area (Å²) in [7, 11) is -3.90. The van der Waals surface area contributed by atoms with Crippen molar-refractivity contribution in [2.45, 2.75) is 31.7 Å². The van der Waals surface area contributed by atoms with Crippen molar-refractivity contribution < 1.29 is 17.7 Å². The summed E-state index contributed by atoms with van der Waals surface area (Å²) in [6.45, 7) is 4.49. The summed E-state index contributed by atoms with van der Waals surface area (Å²) in [5.41, 5.74) is 0.817. The smallest absolute Gasteiger partial charge is 0.246 e. The highest BCUT2D eigenvalue weighted by molar-refractivity contribution is 9.10. The van der Waals surface area contributed by atoms with E-state index >= 15 is 0 Å². The Balaban J connectivity index is 2.10. The number of anilines is 1. The van der Waals surface area contributed by atoms with E-state index in [1.54, 1.807) is 24.3 Å². The topological polar surface area (TPSA) is 101 Å². The monoisotopic (exact) mass is 401 g/mol. The Labute approximate surface area is 142 Å². The van der Waals surface area contributed by atoms with E-state index in [0.29, 0.717) is 5.69 Å². The zero-order chi connectivity index (χ0) is 17.2. The van der Waals surface area contributed by atoms with Crippen LogP contribution in [0.3, 0.4) is 0 Å². The van der Waals surface area contributed by atoms with Gasteiger partial charge in [0, 0.05) is 10.2 Å². The molecule has 0 radical (unpaired) electrons. The molecule has 0 aliphatic rings. The summed E-state index contributed by atoms with van der Waals surface area (Å²) in [4.78, 5) is 12.1. The molecule has 1 amide bonds. The first kappa shape index (κ1) is 17.6. The lowest BCUT2D eigenvalue weighted by Crippen LogP contribution is -2.41. The molecule has 0 fully saturated rings. The van der Waals surface area contributed by atoms with Crippen LogP contribution in [-0.4, -0.2) is 25.5 Å². The largest absolute Gasteiger partial charge is 0.360 e. The van der Waals surface area contributed by atoms with Gasteiger partial charge in [-0.25, -0.2) is 8.42 Å². The van der Waals surface area contributed by atoms with Crippen molar-refractivity contribution >= 4 is 37.5 Å². The van der Waals surface area contributed by atoms with Gasteiger partial charge in [-0.3, -0.25) is 4.79 Å². The zero-order valence-corrected chi connectivity index (χ0v) is 15.2. The number of rotatable bonds is 5. The third-order valence-electron chi connectivity index (χ3n) is 3.07. The minimum atomic E-state index is -3.90. The normalized spacial score (nSPS) is 12.9. The molecule has 0 spiro atoms. The van der Waals surface area contributed by atoms with Crippen LogP contribution in [0.4, 0.5) is 5.69 Å². The highest BCUT2D eigenvalue weighted by Crippen LogP contribution is 2.19. The fourth-order valence-electron chi connectivity index (χ4n) is 1.99. The fraction of sp³-hybridized carbons (Fsp3) is 0.286. The van der Waals surface area contributed by atoms with E-state index in [1.165, 1.54) is 20.8 Å². The number of sulfonamides is 1. The Bertz CT molecular complexity index is 796. The maximum Gasteiger partial charge on any atom is 0.246 e. The Kier molecular flexibility index (Phi) is 5.23. The van der Waals surface area contributed by atoms with Crippen molar-refractivity contribution in [1.82, 2.24) is 9.88 Å². The molecule has 7 nitrogen and oxygen atoms in total. The van der Waals surface area contributed by atoms with Crippen LogP contribution in [0.25, 0.3) is 0 Å². The number of nitrogens with zero attached hydrogens (tertiary/aromatic N) is 1. The molecule has 0 bridgehead atoms. The van der Waals surface area contributed by atoms with Crippen LogP contribution in [0.15, 0.2) is 38.2 Å². The molecule has 1 heterocycles. The lowest BCUT2D eigenvalue weighted by Gasteiger charge is -2.14. The second-order valence-corrected chi connectivity index (χ2v) is 7.56. The van der Waals surface area contributed by atoms with Gasteiger partial charge in [0.05, 0.1) is 6.04 Å². The number of hydrogen-bond donors (Lipinski definition) is 2. The molecule has 9 heteroatoms. The molecule has 1 atom stereocenters. The Morgan fingerprint density at radius 3 is 2.39 bits per heavy atom. The first-order valence-electron chi connectivity index (χ1n) is 6.72. The molecule has 2 N–H and O–H groups in total. The number of halogens is 1. The van der Waals surface area contributed by atoms with Crippen molar-refractivity contribution in [3.8, 4) is 0 Å². The second-order valence-electron chi connectivity index (χ2n) is 4.99. The third-order valence-corrected chi connectivity index (χ3v) is 5.39. The van der Waals surface area contributed by atoms with Crippen molar-refractivity contribution in [2.24, 2.45) is 0 Å². The molecule has 2 aromatic rings. The lowest BCUT2D eigenvalue weighted by molar-refractivity contribution is -0.117. The van der Waals surface area contributed by atoms with Gasteiger partial charge in [-0.15, -0.1) is 0 Å². The number of hydrogen-bond acceptors (Lipinski definition) is 5. The minimum Gasteiger partial charge on any atom is -0.360 e. The van der Waals surface area contributed by atoms with Gasteiger partial charge in [-0.1, -0.05) is 21.1 Å². The van der Waals surface area contributed by atoms with Gasteiger partial charge in [0.1, 0.15) is 10.6 Å². The number of benzene rings is 1. The Morgan fingerprint density at radius 2 is 1.87 bits per heavy atom. The van der Waals surface area contributed by atoms with Crippen molar-refractivity contribution in [1.29, 1.82) is 0 Å². The molecule has 1 aromatic heterocycles. The van der Waals surface area contributed by atoms with Gasteiger partial charge in [0.15, 0.2) is 5.76 Å². The third kappa shape index (κ3) is 4.18. The van der Waals surface area contributed by atoms with Gasteiger partial charge >= 0.3 is 0 Å². The predicted octanol–water partition coefficient (Wildman–Crippen LogP) is 2.36. The van der Waals surface area contributed by atoms with Crippen LogP contribution in [0.1, 0.15) is 18.4 Å². The van der Waals surface area contributed by atoms with Gasteiger partial charge in [-0.2, -0.15) is 4.72 Å². The summed E-state index contributed by atoms with van der Waals surface area (Å²) >= 11 is 3.30. The minimum absolute atomic E-state index is 0.0409. The molecule has 0 aliphatic carbocycles. The summed E-state index contributed by atoms with van der Waals surface area (Å²) in [6, 6.07) is 6.00. The van der Waals surface area contributed by atoms with Crippen LogP contribution in [-0.2, 0) is 14.8 Å². The van der Waals surface area contributed by atoms with Gasteiger partial charge in [-0.05, 0) is 45.0 Å². The van der Waals surface area contributed by atoms with Crippen LogP contribution >= 0.6 is 15.9 Å². The summed E-state index contributed by atoms with van der Waals surface area (Å²) in [5, 5.41) is 6.25. The first-order valence-corrected chi connectivity index (χ1v) is 9.00. The van der Waals surface area contributed by atoms with E-state index in [9.17, 15) is 13.2 Å². The number of amides is 1. The number of carbonyl (C=O) groups excluding carboxylic acids is 1. The molecule has 0 saturated heterocycles. The second kappa shape index (κ2) is 6.81. The molecule has 23 heavy (non-hydrogen) atoms. The van der Waals surface area contributed by atoms with Crippen molar-refractivity contribution in [3.05, 3.63) is 40.2 Å². The van der Waals surface area contributed by atoms with Crippen LogP contribution in [0.2, 0.25) is 0 Å². The molecule has 0 saturated carbocycles. The summed E-state index contributed by atoms with van der Waals surface area (Å²) in [6.07, 6.45) is 0. The first-order chi connectivity index (χ1) is 10.7. The van der Waals surface area contributed by atoms with Crippen LogP contribution in [0, 0.1) is 13.8 Å². The SMILES string of the molecule is Cc1noc(C)c1S(=O)(=O)N[C@@H](C)C(=O)Nc1ccc(Br)cc1. The predicted molar refractivity (Wildman–Crippen MR) is 88.5 cm³/mol. The fourth-order valence-corrected chi connectivity index (χ4v) is 3.78. The summed E-state index contributed by atoms with van der Waals surface area (Å²) in [5.74, 6) is -0.293.